The van der Waals surface area contributed by atoms with Crippen LogP contribution in [-0.2, 0) is 9.59 Å². The van der Waals surface area contributed by atoms with Crippen molar-refractivity contribution in [2.24, 2.45) is 11.7 Å². The zero-order valence-electron chi connectivity index (χ0n) is 7.73. The molecule has 2 atom stereocenters. The predicted octanol–water partition coefficient (Wildman–Crippen LogP) is -0.626. The Morgan fingerprint density at radius 1 is 1.62 bits per heavy atom. The van der Waals surface area contributed by atoms with Gasteiger partial charge in [-0.25, -0.2) is 4.79 Å². The summed E-state index contributed by atoms with van der Waals surface area (Å²) in [5.41, 5.74) is 5.02. The van der Waals surface area contributed by atoms with Crippen LogP contribution in [0.3, 0.4) is 0 Å². The first kappa shape index (κ1) is 12.1. The molecule has 0 saturated heterocycles. The maximum Gasteiger partial charge on any atom is 0.332 e. The maximum atomic E-state index is 9.89. The summed E-state index contributed by atoms with van der Waals surface area (Å²) in [6, 6.07) is -0.0880. The van der Waals surface area contributed by atoms with Crippen molar-refractivity contribution in [3.8, 4) is 0 Å². The molecule has 5 heteroatoms. The van der Waals surface area contributed by atoms with Gasteiger partial charge in [0.15, 0.2) is 11.9 Å². The van der Waals surface area contributed by atoms with E-state index in [0.717, 1.165) is 0 Å². The quantitative estimate of drug-likeness (QED) is 0.537. The van der Waals surface area contributed by atoms with E-state index in [0.29, 0.717) is 6.42 Å². The fraction of sp³-hybridized carbons (Fsp3) is 0.750. The van der Waals surface area contributed by atoms with Gasteiger partial charge in [-0.1, -0.05) is 13.8 Å². The molecule has 13 heavy (non-hydrogen) atoms. The minimum absolute atomic E-state index is 0.0880. The first-order valence-corrected chi connectivity index (χ1v) is 4.05. The van der Waals surface area contributed by atoms with Gasteiger partial charge in [0.05, 0.1) is 6.04 Å². The topological polar surface area (TPSA) is 101 Å². The molecule has 2 unspecified atom stereocenters. The van der Waals surface area contributed by atoms with Gasteiger partial charge in [0.1, 0.15) is 0 Å². The number of rotatable bonds is 2. The minimum Gasteiger partial charge on any atom is -0.479 e. The molecule has 1 aliphatic rings. The number of ketones is 1. The Hall–Kier alpha value is -0.940. The SMILES string of the molecule is CC(C)C(O)C(=O)O.NC1CC1=O. The molecule has 4 N–H and O–H groups in total. The Bertz CT molecular complexity index is 202. The smallest absolute Gasteiger partial charge is 0.332 e. The van der Waals surface area contributed by atoms with Gasteiger partial charge in [0, 0.05) is 6.42 Å². The summed E-state index contributed by atoms with van der Waals surface area (Å²) in [7, 11) is 0. The second-order valence-electron chi connectivity index (χ2n) is 3.30. The second kappa shape index (κ2) is 4.94. The van der Waals surface area contributed by atoms with Crippen LogP contribution in [0.15, 0.2) is 0 Å². The zero-order valence-corrected chi connectivity index (χ0v) is 7.73. The summed E-state index contributed by atoms with van der Waals surface area (Å²) in [6.45, 7) is 3.30. The fourth-order valence-corrected chi connectivity index (χ4v) is 0.443. The largest absolute Gasteiger partial charge is 0.479 e. The number of hydrogen-bond donors (Lipinski definition) is 3. The number of carbonyl (C=O) groups excluding carboxylic acids is 1. The van der Waals surface area contributed by atoms with E-state index in [1.165, 1.54) is 0 Å². The fourth-order valence-electron chi connectivity index (χ4n) is 0.443. The number of aliphatic carboxylic acids is 1. The number of carboxylic acid groups (broad SMARTS) is 1. The molecule has 0 bridgehead atoms. The van der Waals surface area contributed by atoms with Crippen LogP contribution in [0.4, 0.5) is 0 Å². The van der Waals surface area contributed by atoms with Crippen LogP contribution in [0.5, 0.6) is 0 Å². The van der Waals surface area contributed by atoms with E-state index in [9.17, 15) is 9.59 Å². The molecule has 1 fully saturated rings. The Labute approximate surface area is 76.5 Å². The molecule has 0 aromatic rings. The van der Waals surface area contributed by atoms with E-state index < -0.39 is 12.1 Å². The highest BCUT2D eigenvalue weighted by atomic mass is 16.4. The second-order valence-corrected chi connectivity index (χ2v) is 3.30. The van der Waals surface area contributed by atoms with Crippen molar-refractivity contribution >= 4 is 11.8 Å². The van der Waals surface area contributed by atoms with Crippen molar-refractivity contribution in [2.75, 3.05) is 0 Å². The lowest BCUT2D eigenvalue weighted by atomic mass is 10.1. The van der Waals surface area contributed by atoms with Gasteiger partial charge in [-0.3, -0.25) is 4.79 Å². The van der Waals surface area contributed by atoms with Gasteiger partial charge >= 0.3 is 5.97 Å². The van der Waals surface area contributed by atoms with Gasteiger partial charge in [0.25, 0.3) is 0 Å². The number of carbonyl (C=O) groups is 2. The van der Waals surface area contributed by atoms with Crippen molar-refractivity contribution in [1.82, 2.24) is 0 Å². The van der Waals surface area contributed by atoms with Crippen LogP contribution in [0, 0.1) is 5.92 Å². The number of carboxylic acids is 1. The lowest BCUT2D eigenvalue weighted by Gasteiger charge is -2.06. The molecular weight excluding hydrogens is 174 g/mol. The average molecular weight is 189 g/mol. The van der Waals surface area contributed by atoms with Crippen LogP contribution in [0.2, 0.25) is 0 Å². The van der Waals surface area contributed by atoms with Gasteiger partial charge in [-0.15, -0.1) is 0 Å². The van der Waals surface area contributed by atoms with Crippen molar-refractivity contribution in [3.63, 3.8) is 0 Å². The molecule has 0 amide bonds. The number of aliphatic hydroxyl groups is 1. The van der Waals surface area contributed by atoms with E-state index >= 15 is 0 Å². The summed E-state index contributed by atoms with van der Waals surface area (Å²) in [5, 5.41) is 16.7. The minimum atomic E-state index is -1.21. The number of nitrogens with two attached hydrogens (primary N) is 1. The van der Waals surface area contributed by atoms with Crippen molar-refractivity contribution in [2.45, 2.75) is 32.4 Å². The lowest BCUT2D eigenvalue weighted by Crippen LogP contribution is -2.25. The highest BCUT2D eigenvalue weighted by Gasteiger charge is 2.29. The van der Waals surface area contributed by atoms with E-state index in [-0.39, 0.29) is 17.7 Å². The molecule has 5 nitrogen and oxygen atoms in total. The molecular formula is C8H15NO4. The standard InChI is InChI=1S/C5H10O3.C3H5NO/c1-3(2)4(6)5(7)8;4-2-1-3(2)5/h3-4,6H,1-2H3,(H,7,8);2H,1,4H2. The highest BCUT2D eigenvalue weighted by Crippen LogP contribution is 2.07. The zero-order chi connectivity index (χ0) is 10.6. The Kier molecular flexibility index (Phi) is 4.58. The first-order chi connectivity index (χ1) is 5.86. The Balaban J connectivity index is 0.000000243. The molecule has 0 spiro atoms. The summed E-state index contributed by atoms with van der Waals surface area (Å²) in [6.07, 6.45) is -0.602. The summed E-state index contributed by atoms with van der Waals surface area (Å²) < 4.78 is 0. The monoisotopic (exact) mass is 189 g/mol. The predicted molar refractivity (Wildman–Crippen MR) is 46.1 cm³/mol. The van der Waals surface area contributed by atoms with Crippen LogP contribution in [0.1, 0.15) is 20.3 Å². The molecule has 76 valence electrons. The Morgan fingerprint density at radius 3 is 1.92 bits per heavy atom. The van der Waals surface area contributed by atoms with Crippen molar-refractivity contribution in [3.05, 3.63) is 0 Å². The molecule has 0 aromatic carbocycles. The summed E-state index contributed by atoms with van der Waals surface area (Å²) in [4.78, 5) is 19.7. The van der Waals surface area contributed by atoms with Gasteiger partial charge in [-0.2, -0.15) is 0 Å². The third-order valence-electron chi connectivity index (χ3n) is 1.56. The summed E-state index contributed by atoms with van der Waals surface area (Å²) >= 11 is 0. The normalized spacial score (nSPS) is 21.9. The number of aliphatic hydroxyl groups excluding tert-OH is 1. The van der Waals surface area contributed by atoms with E-state index in [4.69, 9.17) is 15.9 Å². The van der Waals surface area contributed by atoms with Crippen LogP contribution < -0.4 is 5.73 Å². The lowest BCUT2D eigenvalue weighted by molar-refractivity contribution is -0.148. The van der Waals surface area contributed by atoms with Crippen molar-refractivity contribution in [1.29, 1.82) is 0 Å². The van der Waals surface area contributed by atoms with Gasteiger partial charge in [0.2, 0.25) is 0 Å². The van der Waals surface area contributed by atoms with E-state index in [1.54, 1.807) is 13.8 Å². The van der Waals surface area contributed by atoms with E-state index in [2.05, 4.69) is 0 Å². The highest BCUT2D eigenvalue weighted by molar-refractivity contribution is 5.99. The molecule has 1 saturated carbocycles. The average Bonchev–Trinajstić information content (AvgIpc) is 2.64. The molecule has 0 radical (unpaired) electrons. The van der Waals surface area contributed by atoms with Gasteiger partial charge in [-0.05, 0) is 5.92 Å². The first-order valence-electron chi connectivity index (χ1n) is 4.05. The van der Waals surface area contributed by atoms with Crippen molar-refractivity contribution < 1.29 is 19.8 Å². The number of hydrogen-bond acceptors (Lipinski definition) is 4. The van der Waals surface area contributed by atoms with Crippen LogP contribution >= 0.6 is 0 Å². The number of Topliss-reactive ketones (excluding diaryl/α,β-unsaturated/α-hetero) is 1. The molecule has 1 rings (SSSR count). The van der Waals surface area contributed by atoms with Crippen LogP contribution in [-0.4, -0.2) is 34.1 Å². The van der Waals surface area contributed by atoms with Gasteiger partial charge < -0.3 is 15.9 Å². The third kappa shape index (κ3) is 5.32. The van der Waals surface area contributed by atoms with Crippen LogP contribution in [0.25, 0.3) is 0 Å². The van der Waals surface area contributed by atoms with E-state index in [1.807, 2.05) is 0 Å². The molecule has 0 aromatic heterocycles. The molecule has 0 aliphatic heterocycles. The summed E-state index contributed by atoms with van der Waals surface area (Å²) in [5.74, 6) is -1.16. The third-order valence-corrected chi connectivity index (χ3v) is 1.56. The Morgan fingerprint density at radius 2 is 1.92 bits per heavy atom. The molecule has 1 aliphatic carbocycles. The maximum absolute atomic E-state index is 9.89. The molecule has 0 heterocycles.